The Morgan fingerprint density at radius 1 is 1.19 bits per heavy atom. The normalized spacial score (nSPS) is 10.1. The minimum absolute atomic E-state index is 0.256. The van der Waals surface area contributed by atoms with Gasteiger partial charge in [0.05, 0.1) is 7.11 Å². The lowest BCUT2D eigenvalue weighted by molar-refractivity contribution is 0.406. The molecule has 0 radical (unpaired) electrons. The molecule has 0 bridgehead atoms. The minimum atomic E-state index is -0.334. The van der Waals surface area contributed by atoms with Crippen LogP contribution in [0.3, 0.4) is 0 Å². The molecule has 0 fully saturated rings. The van der Waals surface area contributed by atoms with Crippen molar-refractivity contribution >= 4 is 0 Å². The summed E-state index contributed by atoms with van der Waals surface area (Å²) in [4.78, 5) is 11.8. The summed E-state index contributed by atoms with van der Waals surface area (Å²) in [5, 5.41) is 0. The molecule has 2 rings (SSSR count). The van der Waals surface area contributed by atoms with E-state index in [1.807, 2.05) is 0 Å². The molecule has 0 saturated carbocycles. The SMILES string of the molecule is COc1cccn(-c2ccc(F)cc2)c1=O. The van der Waals surface area contributed by atoms with Gasteiger partial charge in [-0.05, 0) is 36.4 Å². The van der Waals surface area contributed by atoms with E-state index in [-0.39, 0.29) is 17.1 Å². The lowest BCUT2D eigenvalue weighted by Crippen LogP contribution is -2.18. The molecule has 4 heteroatoms. The maximum Gasteiger partial charge on any atom is 0.297 e. The Hall–Kier alpha value is -2.10. The van der Waals surface area contributed by atoms with E-state index in [0.717, 1.165) is 0 Å². The summed E-state index contributed by atoms with van der Waals surface area (Å²) >= 11 is 0. The van der Waals surface area contributed by atoms with Crippen molar-refractivity contribution < 1.29 is 9.13 Å². The van der Waals surface area contributed by atoms with Crippen molar-refractivity contribution in [1.29, 1.82) is 0 Å². The summed E-state index contributed by atoms with van der Waals surface area (Å²) in [5.74, 6) is -0.0773. The number of hydrogen-bond donors (Lipinski definition) is 0. The number of benzene rings is 1. The molecule has 0 aliphatic carbocycles. The maximum atomic E-state index is 12.7. The molecule has 2 aromatic rings. The average Bonchev–Trinajstić information content (AvgIpc) is 2.31. The second-order valence-electron chi connectivity index (χ2n) is 3.23. The fourth-order valence-electron chi connectivity index (χ4n) is 1.43. The lowest BCUT2D eigenvalue weighted by Gasteiger charge is -2.06. The molecule has 0 N–H and O–H groups in total. The largest absolute Gasteiger partial charge is 0.491 e. The molecule has 1 heterocycles. The van der Waals surface area contributed by atoms with Crippen LogP contribution in [0.25, 0.3) is 5.69 Å². The van der Waals surface area contributed by atoms with Crippen LogP contribution in [0.4, 0.5) is 4.39 Å². The van der Waals surface area contributed by atoms with Crippen molar-refractivity contribution in [3.8, 4) is 11.4 Å². The van der Waals surface area contributed by atoms with Gasteiger partial charge in [0, 0.05) is 11.9 Å². The van der Waals surface area contributed by atoms with Crippen molar-refractivity contribution in [3.63, 3.8) is 0 Å². The van der Waals surface area contributed by atoms with Crippen LogP contribution in [-0.2, 0) is 0 Å². The van der Waals surface area contributed by atoms with Gasteiger partial charge in [-0.2, -0.15) is 0 Å². The van der Waals surface area contributed by atoms with Gasteiger partial charge in [-0.3, -0.25) is 9.36 Å². The Morgan fingerprint density at radius 3 is 2.50 bits per heavy atom. The third-order valence-corrected chi connectivity index (χ3v) is 2.24. The Labute approximate surface area is 91.7 Å². The minimum Gasteiger partial charge on any atom is -0.491 e. The van der Waals surface area contributed by atoms with E-state index in [4.69, 9.17) is 4.74 Å². The first-order valence-corrected chi connectivity index (χ1v) is 4.74. The van der Waals surface area contributed by atoms with Gasteiger partial charge in [0.1, 0.15) is 5.82 Å². The summed E-state index contributed by atoms with van der Waals surface area (Å²) in [7, 11) is 1.44. The Kier molecular flexibility index (Phi) is 2.72. The number of rotatable bonds is 2. The van der Waals surface area contributed by atoms with Crippen LogP contribution in [0.15, 0.2) is 47.4 Å². The topological polar surface area (TPSA) is 31.2 Å². The number of aromatic nitrogens is 1. The molecule has 0 atom stereocenters. The van der Waals surface area contributed by atoms with Gasteiger partial charge in [-0.15, -0.1) is 0 Å². The molecule has 0 amide bonds. The predicted molar refractivity (Wildman–Crippen MR) is 58.5 cm³/mol. The van der Waals surface area contributed by atoms with Gasteiger partial charge < -0.3 is 4.74 Å². The van der Waals surface area contributed by atoms with Gasteiger partial charge in [0.2, 0.25) is 0 Å². The van der Waals surface area contributed by atoms with Crippen LogP contribution < -0.4 is 10.3 Å². The lowest BCUT2D eigenvalue weighted by atomic mass is 10.3. The first kappa shape index (κ1) is 10.4. The second-order valence-corrected chi connectivity index (χ2v) is 3.23. The van der Waals surface area contributed by atoms with E-state index in [1.54, 1.807) is 18.3 Å². The van der Waals surface area contributed by atoms with Crippen molar-refractivity contribution in [2.24, 2.45) is 0 Å². The molecule has 1 aromatic carbocycles. The van der Waals surface area contributed by atoms with E-state index >= 15 is 0 Å². The molecule has 1 aromatic heterocycles. The van der Waals surface area contributed by atoms with E-state index in [9.17, 15) is 9.18 Å². The van der Waals surface area contributed by atoms with Crippen molar-refractivity contribution in [1.82, 2.24) is 4.57 Å². The van der Waals surface area contributed by atoms with Gasteiger partial charge in [-0.1, -0.05) is 0 Å². The predicted octanol–water partition coefficient (Wildman–Crippen LogP) is 1.99. The third kappa shape index (κ3) is 1.82. The summed E-state index contributed by atoms with van der Waals surface area (Å²) in [6, 6.07) is 8.97. The molecule has 16 heavy (non-hydrogen) atoms. The van der Waals surface area contributed by atoms with E-state index in [1.165, 1.54) is 35.9 Å². The molecular weight excluding hydrogens is 209 g/mol. The van der Waals surface area contributed by atoms with E-state index in [0.29, 0.717) is 5.69 Å². The number of halogens is 1. The monoisotopic (exact) mass is 219 g/mol. The standard InChI is InChI=1S/C12H10FNO2/c1-16-11-3-2-8-14(12(11)15)10-6-4-9(13)5-7-10/h2-8H,1H3. The maximum absolute atomic E-state index is 12.7. The van der Waals surface area contributed by atoms with Gasteiger partial charge in [0.15, 0.2) is 5.75 Å². The Morgan fingerprint density at radius 2 is 1.88 bits per heavy atom. The van der Waals surface area contributed by atoms with Gasteiger partial charge >= 0.3 is 0 Å². The number of methoxy groups -OCH3 is 1. The molecule has 82 valence electrons. The number of hydrogen-bond acceptors (Lipinski definition) is 2. The third-order valence-electron chi connectivity index (χ3n) is 2.24. The van der Waals surface area contributed by atoms with E-state index in [2.05, 4.69) is 0 Å². The van der Waals surface area contributed by atoms with Crippen molar-refractivity contribution in [2.75, 3.05) is 7.11 Å². The van der Waals surface area contributed by atoms with Crippen LogP contribution >= 0.6 is 0 Å². The highest BCUT2D eigenvalue weighted by atomic mass is 19.1. The van der Waals surface area contributed by atoms with Crippen LogP contribution in [-0.4, -0.2) is 11.7 Å². The van der Waals surface area contributed by atoms with Crippen molar-refractivity contribution in [2.45, 2.75) is 0 Å². The molecule has 0 aliphatic heterocycles. The highest BCUT2D eigenvalue weighted by molar-refractivity contribution is 5.34. The van der Waals surface area contributed by atoms with Crippen LogP contribution in [0.1, 0.15) is 0 Å². The summed E-state index contributed by atoms with van der Waals surface area (Å²) in [5.41, 5.74) is 0.335. The summed E-state index contributed by atoms with van der Waals surface area (Å²) in [6.07, 6.45) is 1.61. The van der Waals surface area contributed by atoms with Crippen molar-refractivity contribution in [3.05, 3.63) is 58.8 Å². The highest BCUT2D eigenvalue weighted by Crippen LogP contribution is 2.09. The second kappa shape index (κ2) is 4.18. The van der Waals surface area contributed by atoms with Gasteiger partial charge in [0.25, 0.3) is 5.56 Å². The molecule has 3 nitrogen and oxygen atoms in total. The van der Waals surface area contributed by atoms with Crippen LogP contribution in [0, 0.1) is 5.82 Å². The molecule has 0 spiro atoms. The first-order chi connectivity index (χ1) is 7.72. The molecule has 0 aliphatic rings. The Bertz CT molecular complexity index is 546. The molecular formula is C12H10FNO2. The fourth-order valence-corrected chi connectivity index (χ4v) is 1.43. The zero-order valence-corrected chi connectivity index (χ0v) is 8.68. The molecule has 0 unspecified atom stereocenters. The molecule has 0 saturated heterocycles. The van der Waals surface area contributed by atoms with Gasteiger partial charge in [-0.25, -0.2) is 4.39 Å². The summed E-state index contributed by atoms with van der Waals surface area (Å²) in [6.45, 7) is 0. The van der Waals surface area contributed by atoms with E-state index < -0.39 is 0 Å². The average molecular weight is 219 g/mol. The van der Waals surface area contributed by atoms with Crippen LogP contribution in [0.5, 0.6) is 5.75 Å². The Balaban J connectivity index is 2.56. The number of nitrogens with zero attached hydrogens (tertiary/aromatic N) is 1. The first-order valence-electron chi connectivity index (χ1n) is 4.74. The zero-order chi connectivity index (χ0) is 11.5. The number of pyridine rings is 1. The zero-order valence-electron chi connectivity index (χ0n) is 8.68. The summed E-state index contributed by atoms with van der Waals surface area (Å²) < 4.78 is 19.1. The van der Waals surface area contributed by atoms with Crippen LogP contribution in [0.2, 0.25) is 0 Å². The fraction of sp³-hybridized carbons (Fsp3) is 0.0833. The highest BCUT2D eigenvalue weighted by Gasteiger charge is 2.04. The quantitative estimate of drug-likeness (QED) is 0.773. The smallest absolute Gasteiger partial charge is 0.297 e. The number of ether oxygens (including phenoxy) is 1.